The van der Waals surface area contributed by atoms with Crippen molar-refractivity contribution >= 4 is 0 Å². The maximum Gasteiger partial charge on any atom is 0.0700 e. The lowest BCUT2D eigenvalue weighted by Gasteiger charge is -2.20. The van der Waals surface area contributed by atoms with E-state index in [2.05, 4.69) is 30.4 Å². The van der Waals surface area contributed by atoms with Gasteiger partial charge in [0.1, 0.15) is 0 Å². The summed E-state index contributed by atoms with van der Waals surface area (Å²) in [5.74, 6) is 0. The van der Waals surface area contributed by atoms with Gasteiger partial charge in [-0.3, -0.25) is 0 Å². The number of fused-ring (bicyclic) bond motifs is 1. The fourth-order valence-corrected chi connectivity index (χ4v) is 2.73. The number of aryl methyl sites for hydroxylation is 2. The lowest BCUT2D eigenvalue weighted by atomic mass is 9.89. The van der Waals surface area contributed by atoms with E-state index < -0.39 is 0 Å². The van der Waals surface area contributed by atoms with Crippen molar-refractivity contribution in [1.29, 1.82) is 0 Å². The maximum absolute atomic E-state index is 5.46. The van der Waals surface area contributed by atoms with Crippen molar-refractivity contribution in [3.63, 3.8) is 0 Å². The summed E-state index contributed by atoms with van der Waals surface area (Å²) in [6.45, 7) is 5.17. The van der Waals surface area contributed by atoms with E-state index in [4.69, 9.17) is 9.47 Å². The molecular formula is C17H27NO2. The van der Waals surface area contributed by atoms with Gasteiger partial charge >= 0.3 is 0 Å². The molecule has 0 bridgehead atoms. The van der Waals surface area contributed by atoms with E-state index in [0.29, 0.717) is 19.3 Å². The van der Waals surface area contributed by atoms with Crippen LogP contribution >= 0.6 is 0 Å². The van der Waals surface area contributed by atoms with Gasteiger partial charge in [-0.2, -0.15) is 0 Å². The molecule has 0 fully saturated rings. The van der Waals surface area contributed by atoms with Gasteiger partial charge in [-0.15, -0.1) is 0 Å². The largest absolute Gasteiger partial charge is 0.382 e. The minimum atomic E-state index is 0.383. The highest BCUT2D eigenvalue weighted by atomic mass is 16.5. The third-order valence-electron chi connectivity index (χ3n) is 4.00. The number of ether oxygens (including phenoxy) is 2. The summed E-state index contributed by atoms with van der Waals surface area (Å²) in [5, 5.41) is 3.52. The van der Waals surface area contributed by atoms with Crippen LogP contribution in [0.1, 0.15) is 42.5 Å². The third-order valence-corrected chi connectivity index (χ3v) is 4.00. The van der Waals surface area contributed by atoms with Gasteiger partial charge in [0.25, 0.3) is 0 Å². The molecule has 0 saturated heterocycles. The first-order valence-corrected chi connectivity index (χ1v) is 7.73. The van der Waals surface area contributed by atoms with Crippen LogP contribution in [0.3, 0.4) is 0 Å². The fraction of sp³-hybridized carbons (Fsp3) is 0.647. The van der Waals surface area contributed by atoms with Gasteiger partial charge in [-0.05, 0) is 49.3 Å². The van der Waals surface area contributed by atoms with E-state index in [-0.39, 0.29) is 0 Å². The molecule has 0 radical (unpaired) electrons. The van der Waals surface area contributed by atoms with Gasteiger partial charge in [0.15, 0.2) is 0 Å². The van der Waals surface area contributed by atoms with Crippen LogP contribution in [0.15, 0.2) is 18.2 Å². The van der Waals surface area contributed by atoms with Gasteiger partial charge < -0.3 is 14.8 Å². The average Bonchev–Trinajstić information content (AvgIpc) is 2.50. The van der Waals surface area contributed by atoms with Gasteiger partial charge in [-0.25, -0.2) is 0 Å². The maximum atomic E-state index is 5.46. The molecule has 0 amide bonds. The second-order valence-electron chi connectivity index (χ2n) is 5.52. The third kappa shape index (κ3) is 4.58. The van der Waals surface area contributed by atoms with Crippen molar-refractivity contribution < 1.29 is 9.47 Å². The Bertz CT molecular complexity index is 406. The predicted octanol–water partition coefficient (Wildman–Crippen LogP) is 2.88. The quantitative estimate of drug-likeness (QED) is 0.741. The first kappa shape index (κ1) is 15.5. The Labute approximate surface area is 122 Å². The van der Waals surface area contributed by atoms with Gasteiger partial charge in [-0.1, -0.05) is 18.2 Å². The summed E-state index contributed by atoms with van der Waals surface area (Å²) in [5.41, 5.74) is 4.50. The van der Waals surface area contributed by atoms with E-state index in [9.17, 15) is 0 Å². The van der Waals surface area contributed by atoms with Crippen LogP contribution in [0.4, 0.5) is 0 Å². The minimum Gasteiger partial charge on any atom is -0.382 e. The number of rotatable bonds is 8. The van der Waals surface area contributed by atoms with E-state index in [1.54, 1.807) is 18.2 Å². The summed E-state index contributed by atoms with van der Waals surface area (Å²) in [6, 6.07) is 7.36. The van der Waals surface area contributed by atoms with Crippen molar-refractivity contribution in [3.05, 3.63) is 34.9 Å². The molecule has 0 aliphatic heterocycles. The molecule has 3 heteroatoms. The summed E-state index contributed by atoms with van der Waals surface area (Å²) >= 11 is 0. The second-order valence-corrected chi connectivity index (χ2v) is 5.52. The molecule has 0 aromatic heterocycles. The normalized spacial score (nSPS) is 15.9. The monoisotopic (exact) mass is 277 g/mol. The van der Waals surface area contributed by atoms with Crippen LogP contribution in [-0.4, -0.2) is 33.5 Å². The van der Waals surface area contributed by atoms with Crippen molar-refractivity contribution in [2.24, 2.45) is 0 Å². The zero-order valence-electron chi connectivity index (χ0n) is 12.8. The summed E-state index contributed by atoms with van der Waals surface area (Å²) in [7, 11) is 1.69. The number of methoxy groups -OCH3 is 1. The van der Waals surface area contributed by atoms with Gasteiger partial charge in [0.05, 0.1) is 19.8 Å². The molecule has 0 spiro atoms. The Morgan fingerprint density at radius 3 is 2.70 bits per heavy atom. The standard InChI is InChI=1S/C17H27NO2/c1-14(18-9-10-20-12-11-19-2)16-8-7-15-5-3-4-6-17(15)13-16/h7-8,13-14,18H,3-6,9-12H2,1-2H3. The summed E-state index contributed by atoms with van der Waals surface area (Å²) in [4.78, 5) is 0. The molecule has 1 aromatic rings. The van der Waals surface area contributed by atoms with Crippen molar-refractivity contribution in [2.45, 2.75) is 38.6 Å². The predicted molar refractivity (Wildman–Crippen MR) is 82.2 cm³/mol. The molecule has 1 aromatic carbocycles. The highest BCUT2D eigenvalue weighted by Crippen LogP contribution is 2.24. The highest BCUT2D eigenvalue weighted by Gasteiger charge is 2.11. The lowest BCUT2D eigenvalue weighted by molar-refractivity contribution is 0.0712. The van der Waals surface area contributed by atoms with Crippen LogP contribution < -0.4 is 5.32 Å². The molecule has 0 saturated carbocycles. The van der Waals surface area contributed by atoms with E-state index >= 15 is 0 Å². The molecule has 1 aliphatic rings. The molecule has 2 rings (SSSR count). The molecule has 1 N–H and O–H groups in total. The topological polar surface area (TPSA) is 30.5 Å². The molecule has 112 valence electrons. The summed E-state index contributed by atoms with van der Waals surface area (Å²) < 4.78 is 10.4. The van der Waals surface area contributed by atoms with E-state index in [1.807, 2.05) is 0 Å². The minimum absolute atomic E-state index is 0.383. The number of benzene rings is 1. The van der Waals surface area contributed by atoms with Crippen LogP contribution in [0, 0.1) is 0 Å². The number of nitrogens with one attached hydrogen (secondary N) is 1. The highest BCUT2D eigenvalue weighted by molar-refractivity contribution is 5.35. The number of hydrogen-bond donors (Lipinski definition) is 1. The molecule has 0 heterocycles. The van der Waals surface area contributed by atoms with Crippen molar-refractivity contribution in [3.8, 4) is 0 Å². The molecule has 1 atom stereocenters. The Morgan fingerprint density at radius 2 is 1.90 bits per heavy atom. The van der Waals surface area contributed by atoms with E-state index in [0.717, 1.165) is 13.2 Å². The average molecular weight is 277 g/mol. The van der Waals surface area contributed by atoms with Crippen LogP contribution in [0.2, 0.25) is 0 Å². The van der Waals surface area contributed by atoms with Gasteiger partial charge in [0.2, 0.25) is 0 Å². The molecule has 1 aliphatic carbocycles. The smallest absolute Gasteiger partial charge is 0.0700 e. The van der Waals surface area contributed by atoms with Gasteiger partial charge in [0, 0.05) is 19.7 Å². The molecule has 1 unspecified atom stereocenters. The second kappa shape index (κ2) is 8.40. The van der Waals surface area contributed by atoms with Crippen molar-refractivity contribution in [1.82, 2.24) is 5.32 Å². The first-order chi connectivity index (χ1) is 9.81. The lowest BCUT2D eigenvalue weighted by Crippen LogP contribution is -2.24. The molecule has 3 nitrogen and oxygen atoms in total. The molecule has 20 heavy (non-hydrogen) atoms. The van der Waals surface area contributed by atoms with Crippen LogP contribution in [-0.2, 0) is 22.3 Å². The van der Waals surface area contributed by atoms with Crippen LogP contribution in [0.5, 0.6) is 0 Å². The molecular weight excluding hydrogens is 250 g/mol. The van der Waals surface area contributed by atoms with Crippen LogP contribution in [0.25, 0.3) is 0 Å². The SMILES string of the molecule is COCCOCCNC(C)c1ccc2c(c1)CCCC2. The fourth-order valence-electron chi connectivity index (χ4n) is 2.73. The number of hydrogen-bond acceptors (Lipinski definition) is 3. The van der Waals surface area contributed by atoms with Crippen molar-refractivity contribution in [2.75, 3.05) is 33.5 Å². The Hall–Kier alpha value is -0.900. The zero-order chi connectivity index (χ0) is 14.2. The Kier molecular flexibility index (Phi) is 6.51. The Balaban J connectivity index is 1.76. The zero-order valence-corrected chi connectivity index (χ0v) is 12.8. The summed E-state index contributed by atoms with van der Waals surface area (Å²) in [6.07, 6.45) is 5.19. The first-order valence-electron chi connectivity index (χ1n) is 7.73. The Morgan fingerprint density at radius 1 is 1.10 bits per heavy atom. The van der Waals surface area contributed by atoms with E-state index in [1.165, 1.54) is 31.2 Å².